The highest BCUT2D eigenvalue weighted by Crippen LogP contribution is 2.32. The molecule has 0 unspecified atom stereocenters. The topological polar surface area (TPSA) is 75.6 Å². The third-order valence-corrected chi connectivity index (χ3v) is 2.68. The molecule has 0 aromatic carbocycles. The lowest BCUT2D eigenvalue weighted by atomic mass is 10.1. The Morgan fingerprint density at radius 2 is 2.14 bits per heavy atom. The molecule has 0 atom stereocenters. The van der Waals surface area contributed by atoms with Crippen molar-refractivity contribution in [2.24, 2.45) is 0 Å². The van der Waals surface area contributed by atoms with Gasteiger partial charge in [-0.15, -0.1) is 0 Å². The van der Waals surface area contributed by atoms with Gasteiger partial charge in [-0.2, -0.15) is 5.26 Å². The smallest absolute Gasteiger partial charge is 0.145 e. The molecule has 0 radical (unpaired) electrons. The van der Waals surface area contributed by atoms with Gasteiger partial charge in [0, 0.05) is 5.92 Å². The second-order valence-corrected chi connectivity index (χ2v) is 3.62. The molecule has 0 bridgehead atoms. The molecule has 1 aromatic rings. The fraction of sp³-hybridized carbons (Fsp3) is 0.500. The number of aromatic nitrogens is 2. The molecule has 2 rings (SSSR count). The van der Waals surface area contributed by atoms with E-state index in [1.807, 2.05) is 6.07 Å². The molecule has 1 aromatic heterocycles. The fourth-order valence-electron chi connectivity index (χ4n) is 1.88. The molecule has 0 aliphatic heterocycles. The molecule has 4 heteroatoms. The van der Waals surface area contributed by atoms with E-state index in [4.69, 9.17) is 11.0 Å². The number of anilines is 1. The van der Waals surface area contributed by atoms with Gasteiger partial charge in [0.2, 0.25) is 0 Å². The van der Waals surface area contributed by atoms with Crippen LogP contribution in [0.1, 0.15) is 43.0 Å². The highest BCUT2D eigenvalue weighted by atomic mass is 14.9. The minimum Gasteiger partial charge on any atom is -0.382 e. The SMILES string of the molecule is N#Cc1cnc(C2CCCC2)nc1N. The van der Waals surface area contributed by atoms with Crippen LogP contribution in [0.25, 0.3) is 0 Å². The summed E-state index contributed by atoms with van der Waals surface area (Å²) in [5, 5.41) is 8.66. The number of nitrogens with zero attached hydrogens (tertiary/aromatic N) is 3. The van der Waals surface area contributed by atoms with Crippen LogP contribution >= 0.6 is 0 Å². The first-order valence-corrected chi connectivity index (χ1v) is 4.84. The van der Waals surface area contributed by atoms with Crippen molar-refractivity contribution in [1.82, 2.24) is 9.97 Å². The lowest BCUT2D eigenvalue weighted by molar-refractivity contribution is 0.668. The third-order valence-electron chi connectivity index (χ3n) is 2.68. The Morgan fingerprint density at radius 3 is 2.71 bits per heavy atom. The van der Waals surface area contributed by atoms with Gasteiger partial charge in [0.25, 0.3) is 0 Å². The van der Waals surface area contributed by atoms with Gasteiger partial charge >= 0.3 is 0 Å². The number of hydrogen-bond donors (Lipinski definition) is 1. The highest BCUT2D eigenvalue weighted by Gasteiger charge is 2.20. The van der Waals surface area contributed by atoms with Crippen LogP contribution in [0.4, 0.5) is 5.82 Å². The molecule has 1 saturated carbocycles. The van der Waals surface area contributed by atoms with E-state index in [2.05, 4.69) is 9.97 Å². The largest absolute Gasteiger partial charge is 0.382 e. The first kappa shape index (κ1) is 8.95. The van der Waals surface area contributed by atoms with E-state index < -0.39 is 0 Å². The number of nitrogens with two attached hydrogens (primary N) is 1. The molecule has 14 heavy (non-hydrogen) atoms. The minimum absolute atomic E-state index is 0.310. The summed E-state index contributed by atoms with van der Waals surface area (Å²) in [7, 11) is 0. The molecule has 1 heterocycles. The quantitative estimate of drug-likeness (QED) is 0.726. The first-order valence-electron chi connectivity index (χ1n) is 4.84. The summed E-state index contributed by atoms with van der Waals surface area (Å²) in [6, 6.07) is 1.96. The molecule has 0 amide bonds. The summed E-state index contributed by atoms with van der Waals surface area (Å²) in [6.45, 7) is 0. The van der Waals surface area contributed by atoms with Crippen molar-refractivity contribution in [3.63, 3.8) is 0 Å². The molecule has 0 saturated heterocycles. The summed E-state index contributed by atoms with van der Waals surface area (Å²) in [4.78, 5) is 8.35. The molecule has 2 N–H and O–H groups in total. The van der Waals surface area contributed by atoms with Crippen LogP contribution in [-0.4, -0.2) is 9.97 Å². The van der Waals surface area contributed by atoms with Gasteiger partial charge < -0.3 is 5.73 Å². The monoisotopic (exact) mass is 188 g/mol. The number of nitrogen functional groups attached to an aromatic ring is 1. The summed E-state index contributed by atoms with van der Waals surface area (Å²) in [5.74, 6) is 1.56. The number of nitriles is 1. The summed E-state index contributed by atoms with van der Waals surface area (Å²) >= 11 is 0. The van der Waals surface area contributed by atoms with E-state index in [1.54, 1.807) is 0 Å². The summed E-state index contributed by atoms with van der Waals surface area (Å²) < 4.78 is 0. The Balaban J connectivity index is 2.28. The predicted molar refractivity (Wildman–Crippen MR) is 52.4 cm³/mol. The molecule has 1 fully saturated rings. The van der Waals surface area contributed by atoms with Crippen molar-refractivity contribution in [2.75, 3.05) is 5.73 Å². The highest BCUT2D eigenvalue weighted by molar-refractivity contribution is 5.46. The van der Waals surface area contributed by atoms with Gasteiger partial charge in [-0.25, -0.2) is 9.97 Å². The lowest BCUT2D eigenvalue weighted by Crippen LogP contribution is -2.05. The van der Waals surface area contributed by atoms with Crippen LogP contribution in [0, 0.1) is 11.3 Å². The Morgan fingerprint density at radius 1 is 1.43 bits per heavy atom. The average molecular weight is 188 g/mol. The Labute approximate surface area is 82.8 Å². The van der Waals surface area contributed by atoms with Gasteiger partial charge in [-0.1, -0.05) is 12.8 Å². The van der Waals surface area contributed by atoms with Crippen LogP contribution in [0.5, 0.6) is 0 Å². The third kappa shape index (κ3) is 1.53. The first-order chi connectivity index (χ1) is 6.81. The van der Waals surface area contributed by atoms with Gasteiger partial charge in [0.1, 0.15) is 23.3 Å². The molecule has 1 aliphatic carbocycles. The maximum Gasteiger partial charge on any atom is 0.145 e. The van der Waals surface area contributed by atoms with Gasteiger partial charge in [-0.3, -0.25) is 0 Å². The second kappa shape index (κ2) is 3.62. The van der Waals surface area contributed by atoms with Crippen LogP contribution in [0.3, 0.4) is 0 Å². The Hall–Kier alpha value is -1.63. The van der Waals surface area contributed by atoms with Crippen molar-refractivity contribution in [1.29, 1.82) is 5.26 Å². The molecule has 4 nitrogen and oxygen atoms in total. The van der Waals surface area contributed by atoms with Crippen LogP contribution in [-0.2, 0) is 0 Å². The lowest BCUT2D eigenvalue weighted by Gasteiger charge is -2.07. The van der Waals surface area contributed by atoms with Crippen molar-refractivity contribution in [3.8, 4) is 6.07 Å². The van der Waals surface area contributed by atoms with Gasteiger partial charge in [-0.05, 0) is 12.8 Å². The zero-order chi connectivity index (χ0) is 9.97. The van der Waals surface area contributed by atoms with Crippen molar-refractivity contribution in [2.45, 2.75) is 31.6 Å². The zero-order valence-electron chi connectivity index (χ0n) is 7.90. The van der Waals surface area contributed by atoms with Crippen LogP contribution in [0.15, 0.2) is 6.20 Å². The van der Waals surface area contributed by atoms with E-state index in [0.29, 0.717) is 17.3 Å². The van der Waals surface area contributed by atoms with Crippen molar-refractivity contribution >= 4 is 5.82 Å². The molecular weight excluding hydrogens is 176 g/mol. The summed E-state index contributed by atoms with van der Waals surface area (Å²) in [5.41, 5.74) is 5.99. The molecule has 72 valence electrons. The average Bonchev–Trinajstić information content (AvgIpc) is 2.70. The van der Waals surface area contributed by atoms with E-state index in [0.717, 1.165) is 18.7 Å². The predicted octanol–water partition coefficient (Wildman–Crippen LogP) is 1.59. The standard InChI is InChI=1S/C10H12N4/c11-5-8-6-13-10(14-9(8)12)7-3-1-2-4-7/h6-7H,1-4H2,(H2,12,13,14). The van der Waals surface area contributed by atoms with Crippen molar-refractivity contribution in [3.05, 3.63) is 17.6 Å². The molecule has 1 aliphatic rings. The van der Waals surface area contributed by atoms with E-state index in [-0.39, 0.29) is 0 Å². The maximum atomic E-state index is 8.66. The zero-order valence-corrected chi connectivity index (χ0v) is 7.90. The van der Waals surface area contributed by atoms with E-state index in [9.17, 15) is 0 Å². The minimum atomic E-state index is 0.310. The fourth-order valence-corrected chi connectivity index (χ4v) is 1.88. The number of hydrogen-bond acceptors (Lipinski definition) is 4. The van der Waals surface area contributed by atoms with E-state index >= 15 is 0 Å². The number of rotatable bonds is 1. The van der Waals surface area contributed by atoms with E-state index in [1.165, 1.54) is 19.0 Å². The maximum absolute atomic E-state index is 8.66. The summed E-state index contributed by atoms with van der Waals surface area (Å²) in [6.07, 6.45) is 6.30. The Bertz CT molecular complexity index is 374. The van der Waals surface area contributed by atoms with Crippen LogP contribution < -0.4 is 5.73 Å². The molecular formula is C10H12N4. The normalized spacial score (nSPS) is 16.8. The molecule has 0 spiro atoms. The van der Waals surface area contributed by atoms with Gasteiger partial charge in [0.15, 0.2) is 0 Å². The van der Waals surface area contributed by atoms with Crippen molar-refractivity contribution < 1.29 is 0 Å². The Kier molecular flexibility index (Phi) is 2.32. The van der Waals surface area contributed by atoms with Gasteiger partial charge in [0.05, 0.1) is 6.20 Å². The second-order valence-electron chi connectivity index (χ2n) is 3.62. The van der Waals surface area contributed by atoms with Crippen LogP contribution in [0.2, 0.25) is 0 Å².